The Morgan fingerprint density at radius 2 is 0.904 bits per heavy atom. The second-order valence-electron chi connectivity index (χ2n) is 31.1. The van der Waals surface area contributed by atoms with Gasteiger partial charge in [-0.2, -0.15) is 0 Å². The van der Waals surface area contributed by atoms with Crippen LogP contribution in [0.25, 0.3) is 0 Å². The van der Waals surface area contributed by atoms with Crippen molar-refractivity contribution in [1.82, 2.24) is 20.0 Å². The summed E-state index contributed by atoms with van der Waals surface area (Å²) in [7, 11) is 0. The van der Waals surface area contributed by atoms with Gasteiger partial charge in [0, 0.05) is 124 Å². The number of benzene rings is 5. The summed E-state index contributed by atoms with van der Waals surface area (Å²) < 4.78 is 16.3. The van der Waals surface area contributed by atoms with Gasteiger partial charge in [-0.3, -0.25) is 19.2 Å². The molecule has 0 bridgehead atoms. The van der Waals surface area contributed by atoms with Crippen LogP contribution in [0.2, 0.25) is 0 Å². The average molecular weight is 1600 g/mol. The molecular formula is C81H111N10O12W-. The van der Waals surface area contributed by atoms with E-state index in [-0.39, 0.29) is 100 Å². The molecule has 0 radical (unpaired) electrons. The van der Waals surface area contributed by atoms with Gasteiger partial charge in [-0.05, 0) is 228 Å². The Balaban J connectivity index is 0.000000228. The quantitative estimate of drug-likeness (QED) is 0.0868. The normalized spacial score (nSPS) is 19.8. The van der Waals surface area contributed by atoms with Crippen LogP contribution >= 0.6 is 0 Å². The Morgan fingerprint density at radius 3 is 1.30 bits per heavy atom. The van der Waals surface area contributed by atoms with E-state index in [1.165, 1.54) is 5.56 Å². The molecule has 564 valence electrons. The number of ketones is 2. The van der Waals surface area contributed by atoms with Gasteiger partial charge in [-0.25, -0.2) is 14.4 Å². The zero-order valence-electron chi connectivity index (χ0n) is 64.2. The molecule has 104 heavy (non-hydrogen) atoms. The van der Waals surface area contributed by atoms with E-state index >= 15 is 0 Å². The molecule has 4 N–H and O–H groups in total. The van der Waals surface area contributed by atoms with Gasteiger partial charge in [0.05, 0.1) is 6.04 Å². The number of likely N-dealkylation sites (tertiary alicyclic amines) is 3. The Labute approximate surface area is 630 Å². The summed E-state index contributed by atoms with van der Waals surface area (Å²) in [6.07, 6.45) is 6.75. The van der Waals surface area contributed by atoms with E-state index in [4.69, 9.17) is 29.6 Å². The second kappa shape index (κ2) is 36.5. The molecule has 4 atom stereocenters. The standard InChI is InChI=1S/C29H35N3O5.C24H27N3O3.C17H26N2O2.C10H20N2O2.CH3.W/c1-19-10-7-8-12-23(19)32(22-11-9-17-31(18-22)27(35)36-28(2,3)4)26(34)21-15-13-20(14-16-21)24-25(33)29(5,6)37-30-24;1-16-7-4-5-9-20(16)27(19-8-6-14-25-15-19)23(29)18-12-10-17(11-13-18)21-22(28)24(2,3)30-26-21;1-13-8-5-6-10-15(13)18-14-9-7-11-19(12-14)16(20)21-17(2,3)4;1-10(2,3)14-9(13)12-6-4-5-8(11)7-12;;/h7-8,10,12-16,22H,9,11,17-18H2,1-6H3;4-5,7,9-13,19,25H,6,8,14-15H2,1-3H3;5-6,8,10,14,18H,7,9,11-12H2,1-4H3;8H,4-7,11H2,1-3H3;1H3;/q;;;;-1;/t22-;19-;14-;8-;;/m1111../s1. The summed E-state index contributed by atoms with van der Waals surface area (Å²) in [4.78, 5) is 109. The number of hydrogen-bond donors (Lipinski definition) is 3. The summed E-state index contributed by atoms with van der Waals surface area (Å²) in [5.41, 5.74) is 11.4. The van der Waals surface area contributed by atoms with Crippen LogP contribution in [0, 0.1) is 28.2 Å². The molecule has 5 amide bonds. The number of Topliss-reactive ketones (excluding diaryl/α,β-unsaturated/α-hetero) is 2. The van der Waals surface area contributed by atoms with Crippen molar-refractivity contribution in [3.05, 3.63) is 168 Å². The van der Waals surface area contributed by atoms with Crippen molar-refractivity contribution < 1.29 is 78.5 Å². The van der Waals surface area contributed by atoms with Crippen LogP contribution in [0.4, 0.5) is 31.4 Å². The minimum Gasteiger partial charge on any atom is -0.444 e. The molecule has 11 rings (SSSR count). The third-order valence-corrected chi connectivity index (χ3v) is 18.0. The number of ether oxygens (including phenoxy) is 3. The number of nitrogens with one attached hydrogen (secondary N) is 2. The first-order valence-electron chi connectivity index (χ1n) is 35.8. The van der Waals surface area contributed by atoms with E-state index < -0.39 is 28.0 Å². The number of para-hydroxylation sites is 3. The Morgan fingerprint density at radius 1 is 0.519 bits per heavy atom. The predicted octanol–water partition coefficient (Wildman–Crippen LogP) is 14.2. The number of rotatable bonds is 10. The summed E-state index contributed by atoms with van der Waals surface area (Å²) in [5, 5.41) is 14.9. The average Bonchev–Trinajstić information content (AvgIpc) is 1.23. The Hall–Kier alpha value is -8.46. The van der Waals surface area contributed by atoms with Crippen LogP contribution in [0.15, 0.2) is 132 Å². The number of hydrogen-bond acceptors (Lipinski definition) is 17. The van der Waals surface area contributed by atoms with Crippen molar-refractivity contribution in [2.24, 2.45) is 16.0 Å². The monoisotopic (exact) mass is 1600 g/mol. The van der Waals surface area contributed by atoms with Crippen molar-refractivity contribution in [3.8, 4) is 0 Å². The first kappa shape index (κ1) is 84.5. The molecule has 0 spiro atoms. The Bertz CT molecular complexity index is 3830. The number of anilines is 3. The van der Waals surface area contributed by atoms with Gasteiger partial charge in [0.2, 0.25) is 11.6 Å². The first-order chi connectivity index (χ1) is 48.0. The van der Waals surface area contributed by atoms with Crippen LogP contribution in [0.5, 0.6) is 0 Å². The fourth-order valence-corrected chi connectivity index (χ4v) is 12.6. The molecule has 0 unspecified atom stereocenters. The van der Waals surface area contributed by atoms with E-state index in [0.29, 0.717) is 54.1 Å². The molecule has 6 aliphatic heterocycles. The molecule has 6 aliphatic rings. The molecule has 4 saturated heterocycles. The molecule has 5 aromatic rings. The molecular weight excluding hydrogens is 1490 g/mol. The number of oxime groups is 2. The zero-order valence-corrected chi connectivity index (χ0v) is 67.1. The third-order valence-electron chi connectivity index (χ3n) is 18.0. The van der Waals surface area contributed by atoms with Gasteiger partial charge >= 0.3 is 18.3 Å². The number of nitrogens with two attached hydrogens (primary N) is 1. The second-order valence-corrected chi connectivity index (χ2v) is 31.1. The van der Waals surface area contributed by atoms with Gasteiger partial charge in [-0.15, -0.1) is 0 Å². The van der Waals surface area contributed by atoms with Crippen molar-refractivity contribution in [2.75, 3.05) is 67.5 Å². The topological polar surface area (TPSA) is 257 Å². The van der Waals surface area contributed by atoms with Crippen molar-refractivity contribution >= 4 is 70.1 Å². The predicted molar refractivity (Wildman–Crippen MR) is 406 cm³/mol. The number of carbonyl (C=O) groups is 7. The fraction of sp³-hybridized carbons (Fsp3) is 0.506. The van der Waals surface area contributed by atoms with E-state index in [0.717, 1.165) is 106 Å². The number of piperidine rings is 4. The maximum atomic E-state index is 14.0. The smallest absolute Gasteiger partial charge is 0.410 e. The molecule has 0 aliphatic carbocycles. The van der Waals surface area contributed by atoms with Crippen LogP contribution in [-0.2, 0) is 54.5 Å². The van der Waals surface area contributed by atoms with Gasteiger partial charge < -0.3 is 72.2 Å². The first-order valence-corrected chi connectivity index (χ1v) is 35.8. The third kappa shape index (κ3) is 23.3. The number of amides is 5. The van der Waals surface area contributed by atoms with Crippen molar-refractivity contribution in [3.63, 3.8) is 0 Å². The zero-order chi connectivity index (χ0) is 74.5. The van der Waals surface area contributed by atoms with Gasteiger partial charge in [0.15, 0.2) is 22.6 Å². The molecule has 6 heterocycles. The van der Waals surface area contributed by atoms with Crippen molar-refractivity contribution in [1.29, 1.82) is 0 Å². The van der Waals surface area contributed by atoms with Crippen molar-refractivity contribution in [2.45, 2.75) is 214 Å². The van der Waals surface area contributed by atoms with E-state index in [2.05, 4.69) is 40.0 Å². The Kier molecular flexibility index (Phi) is 29.6. The minimum absolute atomic E-state index is 0. The van der Waals surface area contributed by atoms with Crippen LogP contribution < -0.4 is 26.2 Å². The summed E-state index contributed by atoms with van der Waals surface area (Å²) in [5.74, 6) is -0.567. The van der Waals surface area contributed by atoms with Crippen LogP contribution in [0.3, 0.4) is 0 Å². The number of carbonyl (C=O) groups excluding carboxylic acids is 7. The maximum Gasteiger partial charge on any atom is 0.410 e. The molecule has 5 aromatic carbocycles. The molecule has 4 fully saturated rings. The SMILES string of the molecule is CC(C)(C)OC(=O)N1CCC[C@@H](N)C1.Cc1ccccc1N(C(=O)c1ccc(C2=NOC(C)(C)C2=O)cc1)[C@@H]1CCCN(C(=O)OC(C)(C)C)C1.Cc1ccccc1N(C(=O)c1ccc(C2=NOC(C)(C)C2=O)cc1)[C@@H]1CCCNC1.Cc1ccccc1N[C@@H]1CCCN(C(=O)OC(C)(C)C)C1.[CH3-].[W]. The largest absolute Gasteiger partial charge is 0.444 e. The molecule has 0 saturated carbocycles. The minimum atomic E-state index is -0.994. The molecule has 0 aromatic heterocycles. The molecule has 23 heteroatoms. The van der Waals surface area contributed by atoms with Gasteiger partial charge in [-0.1, -0.05) is 89.2 Å². The summed E-state index contributed by atoms with van der Waals surface area (Å²) in [6.45, 7) is 35.3. The molecule has 22 nitrogen and oxygen atoms in total. The fourth-order valence-electron chi connectivity index (χ4n) is 12.6. The van der Waals surface area contributed by atoms with Crippen LogP contribution in [-0.4, -0.2) is 172 Å². The van der Waals surface area contributed by atoms with E-state index in [1.54, 1.807) is 90.9 Å². The van der Waals surface area contributed by atoms with E-state index in [9.17, 15) is 33.6 Å². The van der Waals surface area contributed by atoms with Crippen LogP contribution in [0.1, 0.15) is 190 Å². The number of nitrogens with zero attached hydrogens (tertiary/aromatic N) is 7. The number of aryl methyl sites for hydroxylation is 3. The summed E-state index contributed by atoms with van der Waals surface area (Å²) >= 11 is 0. The van der Waals surface area contributed by atoms with Gasteiger partial charge in [0.1, 0.15) is 16.8 Å². The van der Waals surface area contributed by atoms with Gasteiger partial charge in [0.25, 0.3) is 11.8 Å². The maximum absolute atomic E-state index is 14.0. The summed E-state index contributed by atoms with van der Waals surface area (Å²) in [6, 6.07) is 38.2. The van der Waals surface area contributed by atoms with E-state index in [1.807, 2.05) is 147 Å².